The minimum Gasteiger partial charge on any atom is -0.271 e. The lowest BCUT2D eigenvalue weighted by atomic mass is 9.77. The zero-order valence-electron chi connectivity index (χ0n) is 11.4. The summed E-state index contributed by atoms with van der Waals surface area (Å²) < 4.78 is 13.0. The summed E-state index contributed by atoms with van der Waals surface area (Å²) in [5, 5.41) is 0. The van der Waals surface area contributed by atoms with E-state index >= 15 is 0 Å². The second-order valence-corrected chi connectivity index (χ2v) is 6.60. The molecule has 0 aliphatic heterocycles. The molecule has 1 heterocycles. The van der Waals surface area contributed by atoms with Gasteiger partial charge in [-0.2, -0.15) is 0 Å². The Hall–Kier alpha value is -1.23. The lowest BCUT2D eigenvalue weighted by molar-refractivity contribution is 0.357. The van der Waals surface area contributed by atoms with Crippen LogP contribution in [0.15, 0.2) is 36.4 Å². The summed E-state index contributed by atoms with van der Waals surface area (Å²) in [5.74, 6) is 5.53. The minimum absolute atomic E-state index is 0.00309. The van der Waals surface area contributed by atoms with Crippen molar-refractivity contribution in [2.24, 2.45) is 5.84 Å². The smallest absolute Gasteiger partial charge is 0.123 e. The van der Waals surface area contributed by atoms with Crippen LogP contribution < -0.4 is 11.3 Å². The Morgan fingerprint density at radius 3 is 2.26 bits per heavy atom. The maximum Gasteiger partial charge on any atom is 0.123 e. The van der Waals surface area contributed by atoms with Gasteiger partial charge in [-0.3, -0.25) is 11.3 Å². The van der Waals surface area contributed by atoms with Crippen molar-refractivity contribution in [1.82, 2.24) is 5.43 Å². The molecule has 4 heteroatoms. The molecular weight excluding hydrogens is 259 g/mol. The monoisotopic (exact) mass is 278 g/mol. The van der Waals surface area contributed by atoms with Gasteiger partial charge >= 0.3 is 0 Å². The van der Waals surface area contributed by atoms with Crippen molar-refractivity contribution in [3.8, 4) is 0 Å². The van der Waals surface area contributed by atoms with E-state index in [1.165, 1.54) is 21.9 Å². The van der Waals surface area contributed by atoms with Crippen LogP contribution in [-0.2, 0) is 5.41 Å². The van der Waals surface area contributed by atoms with Crippen molar-refractivity contribution in [2.45, 2.75) is 32.2 Å². The number of rotatable bonds is 4. The van der Waals surface area contributed by atoms with Gasteiger partial charge in [0, 0.05) is 15.2 Å². The molecule has 2 rings (SSSR count). The van der Waals surface area contributed by atoms with Gasteiger partial charge in [-0.15, -0.1) is 11.3 Å². The first-order chi connectivity index (χ1) is 8.95. The zero-order valence-corrected chi connectivity index (χ0v) is 12.2. The molecule has 0 saturated heterocycles. The van der Waals surface area contributed by atoms with Crippen molar-refractivity contribution < 1.29 is 4.39 Å². The highest BCUT2D eigenvalue weighted by Crippen LogP contribution is 2.38. The lowest BCUT2D eigenvalue weighted by Crippen LogP contribution is -2.40. The fourth-order valence-corrected chi connectivity index (χ4v) is 3.43. The van der Waals surface area contributed by atoms with Gasteiger partial charge in [0.2, 0.25) is 0 Å². The highest BCUT2D eigenvalue weighted by atomic mass is 32.1. The Balaban J connectivity index is 2.38. The fourth-order valence-electron chi connectivity index (χ4n) is 2.30. The Bertz CT molecular complexity index is 546. The summed E-state index contributed by atoms with van der Waals surface area (Å²) in [4.78, 5) is 2.44. The van der Waals surface area contributed by atoms with Gasteiger partial charge in [-0.05, 0) is 36.8 Å². The molecule has 0 saturated carbocycles. The van der Waals surface area contributed by atoms with Crippen molar-refractivity contribution >= 4 is 11.3 Å². The third-order valence-corrected chi connectivity index (χ3v) is 4.59. The van der Waals surface area contributed by atoms with Crippen LogP contribution in [0.4, 0.5) is 4.39 Å². The van der Waals surface area contributed by atoms with Gasteiger partial charge in [0.05, 0.1) is 6.04 Å². The summed E-state index contributed by atoms with van der Waals surface area (Å²) >= 11 is 1.73. The van der Waals surface area contributed by atoms with Crippen LogP contribution in [0.5, 0.6) is 0 Å². The predicted octanol–water partition coefficient (Wildman–Crippen LogP) is 3.68. The molecule has 0 aliphatic carbocycles. The van der Waals surface area contributed by atoms with Crippen LogP contribution in [-0.4, -0.2) is 0 Å². The maximum absolute atomic E-state index is 13.0. The molecule has 0 radical (unpaired) electrons. The van der Waals surface area contributed by atoms with E-state index in [-0.39, 0.29) is 17.3 Å². The number of hydrogen-bond donors (Lipinski definition) is 2. The molecule has 1 atom stereocenters. The van der Waals surface area contributed by atoms with E-state index in [9.17, 15) is 4.39 Å². The van der Waals surface area contributed by atoms with Crippen molar-refractivity contribution in [3.05, 3.63) is 57.5 Å². The Kier molecular flexibility index (Phi) is 4.04. The number of aryl methyl sites for hydroxylation is 1. The molecule has 2 nitrogen and oxygen atoms in total. The van der Waals surface area contributed by atoms with Crippen molar-refractivity contribution in [2.75, 3.05) is 0 Å². The number of thiophene rings is 1. The minimum atomic E-state index is -0.222. The van der Waals surface area contributed by atoms with Crippen LogP contribution in [0.3, 0.4) is 0 Å². The topological polar surface area (TPSA) is 38.0 Å². The first-order valence-corrected chi connectivity index (χ1v) is 7.05. The number of nitrogens with two attached hydrogens (primary N) is 1. The van der Waals surface area contributed by atoms with Gasteiger partial charge < -0.3 is 0 Å². The highest BCUT2D eigenvalue weighted by Gasteiger charge is 2.32. The standard InChI is InChI=1S/C15H19FN2S/c1-10-4-9-13(19-10)14(18-17)15(2,3)11-5-7-12(16)8-6-11/h4-9,14,18H,17H2,1-3H3. The summed E-state index contributed by atoms with van der Waals surface area (Å²) in [6, 6.07) is 10.8. The second-order valence-electron chi connectivity index (χ2n) is 5.28. The Morgan fingerprint density at radius 1 is 1.16 bits per heavy atom. The molecule has 2 aromatic rings. The third-order valence-electron chi connectivity index (χ3n) is 3.52. The van der Waals surface area contributed by atoms with E-state index in [0.29, 0.717) is 0 Å². The highest BCUT2D eigenvalue weighted by molar-refractivity contribution is 7.12. The fraction of sp³-hybridized carbons (Fsp3) is 0.333. The van der Waals surface area contributed by atoms with Crippen LogP contribution >= 0.6 is 11.3 Å². The molecule has 0 aliphatic rings. The number of nitrogens with one attached hydrogen (secondary N) is 1. The average molecular weight is 278 g/mol. The predicted molar refractivity (Wildman–Crippen MR) is 78.5 cm³/mol. The molecule has 1 aromatic carbocycles. The van der Waals surface area contributed by atoms with Gasteiger partial charge in [0.1, 0.15) is 5.82 Å². The molecule has 0 spiro atoms. The first kappa shape index (κ1) is 14.2. The number of hydrazine groups is 1. The normalized spacial score (nSPS) is 13.5. The SMILES string of the molecule is Cc1ccc(C(NN)C(C)(C)c2ccc(F)cc2)s1. The van der Waals surface area contributed by atoms with Crippen LogP contribution in [0.2, 0.25) is 0 Å². The molecule has 19 heavy (non-hydrogen) atoms. The van der Waals surface area contributed by atoms with Gasteiger partial charge in [0.25, 0.3) is 0 Å². The molecule has 0 amide bonds. The summed E-state index contributed by atoms with van der Waals surface area (Å²) in [6.07, 6.45) is 0. The Morgan fingerprint density at radius 2 is 1.79 bits per heavy atom. The van der Waals surface area contributed by atoms with E-state index in [0.717, 1.165) is 5.56 Å². The van der Waals surface area contributed by atoms with Crippen LogP contribution in [0.1, 0.15) is 35.2 Å². The molecular formula is C15H19FN2S. The third kappa shape index (κ3) is 2.86. The van der Waals surface area contributed by atoms with Gasteiger partial charge in [-0.25, -0.2) is 4.39 Å². The zero-order chi connectivity index (χ0) is 14.0. The summed E-state index contributed by atoms with van der Waals surface area (Å²) in [6.45, 7) is 6.30. The molecule has 1 aromatic heterocycles. The summed E-state index contributed by atoms with van der Waals surface area (Å²) in [5.41, 5.74) is 3.74. The van der Waals surface area contributed by atoms with E-state index in [1.807, 2.05) is 12.1 Å². The quantitative estimate of drug-likeness (QED) is 0.661. The number of halogens is 1. The first-order valence-electron chi connectivity index (χ1n) is 6.23. The second kappa shape index (κ2) is 5.41. The Labute approximate surface area is 117 Å². The number of hydrogen-bond acceptors (Lipinski definition) is 3. The maximum atomic E-state index is 13.0. The number of benzene rings is 1. The largest absolute Gasteiger partial charge is 0.271 e. The average Bonchev–Trinajstić information content (AvgIpc) is 2.77. The van der Waals surface area contributed by atoms with Crippen LogP contribution in [0, 0.1) is 12.7 Å². The summed E-state index contributed by atoms with van der Waals surface area (Å²) in [7, 11) is 0. The van der Waals surface area contributed by atoms with Crippen molar-refractivity contribution in [3.63, 3.8) is 0 Å². The molecule has 0 fully saturated rings. The van der Waals surface area contributed by atoms with Gasteiger partial charge in [-0.1, -0.05) is 26.0 Å². The molecule has 3 N–H and O–H groups in total. The lowest BCUT2D eigenvalue weighted by Gasteiger charge is -2.34. The van der Waals surface area contributed by atoms with E-state index in [2.05, 4.69) is 38.3 Å². The van der Waals surface area contributed by atoms with Gasteiger partial charge in [0.15, 0.2) is 0 Å². The van der Waals surface area contributed by atoms with Crippen molar-refractivity contribution in [1.29, 1.82) is 0 Å². The molecule has 102 valence electrons. The molecule has 0 bridgehead atoms. The van der Waals surface area contributed by atoms with E-state index in [1.54, 1.807) is 11.3 Å². The van der Waals surface area contributed by atoms with E-state index in [4.69, 9.17) is 5.84 Å². The van der Waals surface area contributed by atoms with E-state index < -0.39 is 0 Å². The van der Waals surface area contributed by atoms with Crippen LogP contribution in [0.25, 0.3) is 0 Å². The molecule has 1 unspecified atom stereocenters.